The average molecular weight is 436 g/mol. The number of rotatable bonds is 7. The predicted octanol–water partition coefficient (Wildman–Crippen LogP) is 2.06. The van der Waals surface area contributed by atoms with Crippen molar-refractivity contribution in [2.75, 3.05) is 20.2 Å². The fourth-order valence-electron chi connectivity index (χ4n) is 3.60. The number of benzene rings is 1. The summed E-state index contributed by atoms with van der Waals surface area (Å²) >= 11 is 0. The van der Waals surface area contributed by atoms with Crippen LogP contribution >= 0.6 is 0 Å². The highest BCUT2D eigenvalue weighted by Gasteiger charge is 2.29. The third kappa shape index (κ3) is 4.69. The number of aliphatic hydroxyl groups is 1. The summed E-state index contributed by atoms with van der Waals surface area (Å²) in [6.45, 7) is 2.70. The quantitative estimate of drug-likeness (QED) is 0.693. The number of piperidine rings is 1. The first kappa shape index (κ1) is 22.3. The topological polar surface area (TPSA) is 101 Å². The number of aliphatic hydroxyl groups excluding tert-OH is 1. The summed E-state index contributed by atoms with van der Waals surface area (Å²) in [4.78, 5) is 12.9. The highest BCUT2D eigenvalue weighted by atomic mass is 32.2. The Labute approximate surface area is 177 Å². The molecule has 1 aromatic carbocycles. The van der Waals surface area contributed by atoms with E-state index in [4.69, 9.17) is 4.74 Å². The molecule has 30 heavy (non-hydrogen) atoms. The molecule has 1 aromatic heterocycles. The van der Waals surface area contributed by atoms with E-state index in [1.807, 2.05) is 0 Å². The van der Waals surface area contributed by atoms with Crippen molar-refractivity contribution in [1.29, 1.82) is 0 Å². The number of methoxy groups -OCH3 is 1. The van der Waals surface area contributed by atoms with Gasteiger partial charge in [-0.2, -0.15) is 4.31 Å². The lowest BCUT2D eigenvalue weighted by molar-refractivity contribution is 0.0844. The van der Waals surface area contributed by atoms with Gasteiger partial charge >= 0.3 is 0 Å². The van der Waals surface area contributed by atoms with Crippen LogP contribution in [0.1, 0.15) is 48.3 Å². The summed E-state index contributed by atoms with van der Waals surface area (Å²) in [5.74, 6) is 0.228. The standard InChI is InChI=1S/C21H29N3O5S/c1-15(20(25)16-7-9-17(29-3)10-8-16)22-21(26)19-13-18(14-23(19)2)30(27,28)24-11-5-4-6-12-24/h7-10,13-15,20,25H,4-6,11-12H2,1-3H3,(H,22,26)/t15-,20-/m1/s1. The van der Waals surface area contributed by atoms with E-state index in [1.165, 1.54) is 21.1 Å². The van der Waals surface area contributed by atoms with Crippen molar-refractivity contribution in [2.45, 2.75) is 43.2 Å². The third-order valence-electron chi connectivity index (χ3n) is 5.45. The van der Waals surface area contributed by atoms with Crippen LogP contribution in [0.4, 0.5) is 0 Å². The molecule has 0 bridgehead atoms. The minimum atomic E-state index is -3.62. The number of sulfonamides is 1. The van der Waals surface area contributed by atoms with Crippen LogP contribution in [0.2, 0.25) is 0 Å². The highest BCUT2D eigenvalue weighted by Crippen LogP contribution is 2.23. The number of aromatic nitrogens is 1. The summed E-state index contributed by atoms with van der Waals surface area (Å²) in [5.41, 5.74) is 0.864. The van der Waals surface area contributed by atoms with Crippen LogP contribution in [0, 0.1) is 0 Å². The van der Waals surface area contributed by atoms with E-state index in [1.54, 1.807) is 45.3 Å². The molecule has 1 saturated heterocycles. The molecule has 2 heterocycles. The number of hydrogen-bond donors (Lipinski definition) is 2. The molecule has 1 fully saturated rings. The Hall–Kier alpha value is -2.36. The minimum Gasteiger partial charge on any atom is -0.497 e. The summed E-state index contributed by atoms with van der Waals surface area (Å²) in [5, 5.41) is 13.3. The second kappa shape index (κ2) is 9.20. The first-order chi connectivity index (χ1) is 14.2. The molecule has 0 saturated carbocycles. The maximum absolute atomic E-state index is 12.9. The number of nitrogens with zero attached hydrogens (tertiary/aromatic N) is 2. The summed E-state index contributed by atoms with van der Waals surface area (Å²) in [6, 6.07) is 7.76. The van der Waals surface area contributed by atoms with Gasteiger partial charge < -0.3 is 19.7 Å². The molecule has 2 aromatic rings. The molecular formula is C21H29N3O5S. The van der Waals surface area contributed by atoms with Gasteiger partial charge in [-0.25, -0.2) is 8.42 Å². The SMILES string of the molecule is COc1ccc([C@H](O)[C@@H](C)NC(=O)c2cc(S(=O)(=O)N3CCCCC3)cn2C)cc1. The molecule has 0 radical (unpaired) electrons. The Kier molecular flexibility index (Phi) is 6.84. The first-order valence-electron chi connectivity index (χ1n) is 10.0. The van der Waals surface area contributed by atoms with E-state index in [9.17, 15) is 18.3 Å². The second-order valence-corrected chi connectivity index (χ2v) is 9.55. The lowest BCUT2D eigenvalue weighted by Gasteiger charge is -2.25. The van der Waals surface area contributed by atoms with Gasteiger partial charge in [-0.15, -0.1) is 0 Å². The van der Waals surface area contributed by atoms with Crippen molar-refractivity contribution in [1.82, 2.24) is 14.2 Å². The van der Waals surface area contributed by atoms with Crippen LogP contribution < -0.4 is 10.1 Å². The fourth-order valence-corrected chi connectivity index (χ4v) is 5.19. The third-order valence-corrected chi connectivity index (χ3v) is 7.32. The van der Waals surface area contributed by atoms with Gasteiger partial charge in [0.05, 0.1) is 19.3 Å². The van der Waals surface area contributed by atoms with Crippen molar-refractivity contribution in [3.8, 4) is 5.75 Å². The Balaban J connectivity index is 1.72. The molecule has 9 heteroatoms. The summed E-state index contributed by atoms with van der Waals surface area (Å²) in [7, 11) is -0.423. The monoisotopic (exact) mass is 435 g/mol. The Morgan fingerprint density at radius 1 is 1.17 bits per heavy atom. The second-order valence-electron chi connectivity index (χ2n) is 7.62. The van der Waals surface area contributed by atoms with Crippen LogP contribution in [-0.2, 0) is 17.1 Å². The Morgan fingerprint density at radius 2 is 1.80 bits per heavy atom. The van der Waals surface area contributed by atoms with E-state index in [-0.39, 0.29) is 10.6 Å². The summed E-state index contributed by atoms with van der Waals surface area (Å²) in [6.07, 6.45) is 3.27. The first-order valence-corrected chi connectivity index (χ1v) is 11.5. The molecule has 0 aliphatic carbocycles. The predicted molar refractivity (Wildman–Crippen MR) is 113 cm³/mol. The van der Waals surface area contributed by atoms with E-state index in [0.29, 0.717) is 24.4 Å². The van der Waals surface area contributed by atoms with E-state index < -0.39 is 28.1 Å². The van der Waals surface area contributed by atoms with Gasteiger partial charge in [0.25, 0.3) is 5.91 Å². The van der Waals surface area contributed by atoms with E-state index >= 15 is 0 Å². The molecular weight excluding hydrogens is 406 g/mol. The number of aryl methyl sites for hydroxylation is 1. The highest BCUT2D eigenvalue weighted by molar-refractivity contribution is 7.89. The fraction of sp³-hybridized carbons (Fsp3) is 0.476. The van der Waals surface area contributed by atoms with Gasteiger partial charge in [0.1, 0.15) is 16.3 Å². The van der Waals surface area contributed by atoms with Gasteiger partial charge in [-0.1, -0.05) is 18.6 Å². The van der Waals surface area contributed by atoms with Crippen molar-refractivity contribution in [3.05, 3.63) is 47.8 Å². The Morgan fingerprint density at radius 3 is 2.40 bits per heavy atom. The largest absolute Gasteiger partial charge is 0.497 e. The molecule has 8 nitrogen and oxygen atoms in total. The number of ether oxygens (including phenoxy) is 1. The smallest absolute Gasteiger partial charge is 0.268 e. The lowest BCUT2D eigenvalue weighted by Crippen LogP contribution is -2.37. The van der Waals surface area contributed by atoms with Gasteiger partial charge in [-0.05, 0) is 43.5 Å². The zero-order chi connectivity index (χ0) is 21.9. The van der Waals surface area contributed by atoms with Crippen molar-refractivity contribution in [3.63, 3.8) is 0 Å². The molecule has 0 unspecified atom stereocenters. The van der Waals surface area contributed by atoms with Gasteiger partial charge in [0, 0.05) is 26.3 Å². The minimum absolute atomic E-state index is 0.111. The number of nitrogens with one attached hydrogen (secondary N) is 1. The molecule has 2 atom stereocenters. The van der Waals surface area contributed by atoms with Crippen LogP contribution in [-0.4, -0.2) is 54.5 Å². The maximum Gasteiger partial charge on any atom is 0.268 e. The van der Waals surface area contributed by atoms with Gasteiger partial charge in [0.2, 0.25) is 10.0 Å². The Bertz CT molecular complexity index is 979. The molecule has 164 valence electrons. The van der Waals surface area contributed by atoms with Crippen LogP contribution in [0.25, 0.3) is 0 Å². The molecule has 1 amide bonds. The van der Waals surface area contributed by atoms with Crippen LogP contribution in [0.5, 0.6) is 5.75 Å². The maximum atomic E-state index is 12.9. The summed E-state index contributed by atoms with van der Waals surface area (Å²) < 4.78 is 33.8. The lowest BCUT2D eigenvalue weighted by atomic mass is 10.0. The van der Waals surface area contributed by atoms with Gasteiger partial charge in [0.15, 0.2) is 0 Å². The van der Waals surface area contributed by atoms with Crippen LogP contribution in [0.15, 0.2) is 41.4 Å². The van der Waals surface area contributed by atoms with E-state index in [2.05, 4.69) is 5.32 Å². The number of carbonyl (C=O) groups excluding carboxylic acids is 1. The molecule has 1 aliphatic heterocycles. The van der Waals surface area contributed by atoms with Gasteiger partial charge in [-0.3, -0.25) is 4.79 Å². The average Bonchev–Trinajstić information content (AvgIpc) is 3.16. The van der Waals surface area contributed by atoms with E-state index in [0.717, 1.165) is 19.3 Å². The number of amides is 1. The number of carbonyl (C=O) groups is 1. The molecule has 3 rings (SSSR count). The molecule has 0 spiro atoms. The zero-order valence-electron chi connectivity index (χ0n) is 17.5. The van der Waals surface area contributed by atoms with Crippen LogP contribution in [0.3, 0.4) is 0 Å². The molecule has 1 aliphatic rings. The van der Waals surface area contributed by atoms with Crippen molar-refractivity contribution in [2.24, 2.45) is 7.05 Å². The molecule has 2 N–H and O–H groups in total. The zero-order valence-corrected chi connectivity index (χ0v) is 18.4. The normalized spacial score (nSPS) is 17.3. The number of hydrogen-bond acceptors (Lipinski definition) is 5. The van der Waals surface area contributed by atoms with Crippen molar-refractivity contribution >= 4 is 15.9 Å². The van der Waals surface area contributed by atoms with Crippen molar-refractivity contribution < 1.29 is 23.1 Å².